The Kier molecular flexibility index (Phi) is 3.09. The summed E-state index contributed by atoms with van der Waals surface area (Å²) in [6, 6.07) is 5.88. The highest BCUT2D eigenvalue weighted by Crippen LogP contribution is 2.22. The molecule has 1 aromatic carbocycles. The van der Waals surface area contributed by atoms with Crippen molar-refractivity contribution >= 4 is 11.8 Å². The van der Waals surface area contributed by atoms with E-state index in [-0.39, 0.29) is 11.9 Å². The maximum absolute atomic E-state index is 13.2. The first-order chi connectivity index (χ1) is 9.61. The molecule has 104 valence electrons. The highest BCUT2D eigenvalue weighted by atomic mass is 19.1. The summed E-state index contributed by atoms with van der Waals surface area (Å²) in [6.45, 7) is 2.63. The first-order valence-electron chi connectivity index (χ1n) is 6.22. The van der Waals surface area contributed by atoms with Gasteiger partial charge in [-0.25, -0.2) is 13.9 Å². The zero-order chi connectivity index (χ0) is 14.1. The van der Waals surface area contributed by atoms with Gasteiger partial charge in [0.05, 0.1) is 24.5 Å². The largest absolute Gasteiger partial charge is 0.442 e. The van der Waals surface area contributed by atoms with E-state index >= 15 is 0 Å². The number of carbonyl (C=O) groups excluding carboxylic acids is 1. The van der Waals surface area contributed by atoms with E-state index in [0.29, 0.717) is 18.8 Å². The topological polar surface area (TPSA) is 60.2 Å². The van der Waals surface area contributed by atoms with Gasteiger partial charge in [-0.1, -0.05) is 11.3 Å². The molecule has 2 heterocycles. The number of amides is 1. The molecule has 1 fully saturated rings. The van der Waals surface area contributed by atoms with Crippen molar-refractivity contribution in [3.05, 3.63) is 42.0 Å². The second kappa shape index (κ2) is 4.92. The van der Waals surface area contributed by atoms with E-state index in [2.05, 4.69) is 10.3 Å². The van der Waals surface area contributed by atoms with Crippen LogP contribution in [-0.4, -0.2) is 33.7 Å². The van der Waals surface area contributed by atoms with Crippen LogP contribution in [0, 0.1) is 12.7 Å². The summed E-state index contributed by atoms with van der Waals surface area (Å²) in [5.41, 5.74) is 1.29. The fourth-order valence-corrected chi connectivity index (χ4v) is 2.16. The van der Waals surface area contributed by atoms with Gasteiger partial charge in [0, 0.05) is 6.20 Å². The van der Waals surface area contributed by atoms with Crippen LogP contribution in [0.5, 0.6) is 0 Å². The van der Waals surface area contributed by atoms with Gasteiger partial charge in [0.25, 0.3) is 0 Å². The maximum Gasteiger partial charge on any atom is 0.414 e. The molecule has 0 N–H and O–H groups in total. The number of ether oxygens (including phenoxy) is 1. The normalized spacial score (nSPS) is 18.4. The molecule has 0 spiro atoms. The second-order valence-electron chi connectivity index (χ2n) is 4.68. The molecule has 1 aliphatic heterocycles. The lowest BCUT2D eigenvalue weighted by Gasteiger charge is -2.12. The lowest BCUT2D eigenvalue weighted by molar-refractivity contribution is 0.129. The van der Waals surface area contributed by atoms with Gasteiger partial charge < -0.3 is 4.74 Å². The summed E-state index contributed by atoms with van der Waals surface area (Å²) < 4.78 is 20.1. The predicted molar refractivity (Wildman–Crippen MR) is 68.8 cm³/mol. The molecule has 1 atom stereocenters. The van der Waals surface area contributed by atoms with E-state index < -0.39 is 6.09 Å². The molecule has 20 heavy (non-hydrogen) atoms. The van der Waals surface area contributed by atoms with Crippen molar-refractivity contribution in [3.8, 4) is 0 Å². The highest BCUT2D eigenvalue weighted by Gasteiger charge is 2.32. The number of hydrogen-bond acceptors (Lipinski definition) is 4. The third-order valence-corrected chi connectivity index (χ3v) is 3.04. The number of cyclic esters (lactones) is 1. The van der Waals surface area contributed by atoms with Crippen molar-refractivity contribution in [2.24, 2.45) is 0 Å². The molecule has 2 aromatic rings. The number of aromatic nitrogens is 3. The minimum absolute atomic E-state index is 0.327. The fraction of sp³-hybridized carbons (Fsp3) is 0.308. The van der Waals surface area contributed by atoms with E-state index in [9.17, 15) is 9.18 Å². The number of carbonyl (C=O) groups is 1. The van der Waals surface area contributed by atoms with Gasteiger partial charge in [0.1, 0.15) is 11.9 Å². The van der Waals surface area contributed by atoms with E-state index in [4.69, 9.17) is 4.74 Å². The van der Waals surface area contributed by atoms with Gasteiger partial charge in [0.2, 0.25) is 0 Å². The number of halogens is 1. The monoisotopic (exact) mass is 276 g/mol. The molecule has 3 rings (SSSR count). The number of benzene rings is 1. The highest BCUT2D eigenvalue weighted by molar-refractivity contribution is 5.89. The minimum atomic E-state index is -0.475. The van der Waals surface area contributed by atoms with Gasteiger partial charge in [-0.2, -0.15) is 0 Å². The molecular formula is C13H13FN4O2. The molecule has 6 nitrogen and oxygen atoms in total. The standard InChI is InChI=1S/C13H13FN4O2/c1-9-6-17(16-15-9)7-12-8-18(13(19)20-12)11-4-2-3-10(14)5-11/h2-6,12H,7-8H2,1H3. The van der Waals surface area contributed by atoms with Crippen molar-refractivity contribution in [2.75, 3.05) is 11.4 Å². The molecular weight excluding hydrogens is 263 g/mol. The molecule has 1 aliphatic rings. The quantitative estimate of drug-likeness (QED) is 0.857. The Morgan fingerprint density at radius 2 is 2.35 bits per heavy atom. The van der Waals surface area contributed by atoms with Crippen molar-refractivity contribution in [2.45, 2.75) is 19.6 Å². The number of nitrogens with zero attached hydrogens (tertiary/aromatic N) is 4. The van der Waals surface area contributed by atoms with Gasteiger partial charge in [-0.15, -0.1) is 5.10 Å². The SMILES string of the molecule is Cc1cn(CC2CN(c3cccc(F)c3)C(=O)O2)nn1. The van der Waals surface area contributed by atoms with Crippen molar-refractivity contribution < 1.29 is 13.9 Å². The summed E-state index contributed by atoms with van der Waals surface area (Å²) >= 11 is 0. The van der Waals surface area contributed by atoms with Gasteiger partial charge in [-0.3, -0.25) is 4.90 Å². The molecule has 1 amide bonds. The summed E-state index contributed by atoms with van der Waals surface area (Å²) in [5.74, 6) is -0.384. The van der Waals surface area contributed by atoms with Crippen molar-refractivity contribution in [3.63, 3.8) is 0 Å². The first kappa shape index (κ1) is 12.6. The van der Waals surface area contributed by atoms with Crippen molar-refractivity contribution in [1.29, 1.82) is 0 Å². The smallest absolute Gasteiger partial charge is 0.414 e. The summed E-state index contributed by atoms with van der Waals surface area (Å²) in [4.78, 5) is 13.2. The molecule has 1 unspecified atom stereocenters. The minimum Gasteiger partial charge on any atom is -0.442 e. The van der Waals surface area contributed by atoms with Crippen LogP contribution in [-0.2, 0) is 11.3 Å². The average Bonchev–Trinajstić information content (AvgIpc) is 2.96. The van der Waals surface area contributed by atoms with Crippen LogP contribution < -0.4 is 4.90 Å². The maximum atomic E-state index is 13.2. The fourth-order valence-electron chi connectivity index (χ4n) is 2.16. The van der Waals surface area contributed by atoms with Crippen LogP contribution in [0.3, 0.4) is 0 Å². The van der Waals surface area contributed by atoms with Crippen LogP contribution in [0.1, 0.15) is 5.69 Å². The van der Waals surface area contributed by atoms with Crippen LogP contribution in [0.2, 0.25) is 0 Å². The Morgan fingerprint density at radius 1 is 1.50 bits per heavy atom. The van der Waals surface area contributed by atoms with Crippen LogP contribution in [0.15, 0.2) is 30.5 Å². The number of anilines is 1. The van der Waals surface area contributed by atoms with Gasteiger partial charge in [0.15, 0.2) is 0 Å². The second-order valence-corrected chi connectivity index (χ2v) is 4.68. The Morgan fingerprint density at radius 3 is 3.05 bits per heavy atom. The molecule has 7 heteroatoms. The zero-order valence-electron chi connectivity index (χ0n) is 10.9. The summed E-state index contributed by atoms with van der Waals surface area (Å²) in [7, 11) is 0. The van der Waals surface area contributed by atoms with Crippen LogP contribution >= 0.6 is 0 Å². The number of hydrogen-bond donors (Lipinski definition) is 0. The predicted octanol–water partition coefficient (Wildman–Crippen LogP) is 1.75. The van der Waals surface area contributed by atoms with E-state index in [0.717, 1.165) is 5.69 Å². The molecule has 1 aromatic heterocycles. The van der Waals surface area contributed by atoms with E-state index in [1.807, 2.05) is 6.92 Å². The Bertz CT molecular complexity index is 643. The third kappa shape index (κ3) is 2.47. The number of aryl methyl sites for hydroxylation is 1. The zero-order valence-corrected chi connectivity index (χ0v) is 10.9. The van der Waals surface area contributed by atoms with Gasteiger partial charge in [-0.05, 0) is 25.1 Å². The molecule has 0 bridgehead atoms. The van der Waals surface area contributed by atoms with Gasteiger partial charge >= 0.3 is 6.09 Å². The molecule has 1 saturated heterocycles. The lowest BCUT2D eigenvalue weighted by Crippen LogP contribution is -2.26. The third-order valence-electron chi connectivity index (χ3n) is 3.04. The van der Waals surface area contributed by atoms with Crippen LogP contribution in [0.4, 0.5) is 14.9 Å². The number of rotatable bonds is 3. The Hall–Kier alpha value is -2.44. The Balaban J connectivity index is 1.72. The lowest BCUT2D eigenvalue weighted by atomic mass is 10.2. The Labute approximate surface area is 114 Å². The van der Waals surface area contributed by atoms with E-state index in [1.54, 1.807) is 23.0 Å². The molecule has 0 saturated carbocycles. The summed E-state index contributed by atoms with van der Waals surface area (Å²) in [5, 5.41) is 7.79. The first-order valence-corrected chi connectivity index (χ1v) is 6.22. The summed E-state index contributed by atoms with van der Waals surface area (Å²) in [6.07, 6.45) is 0.975. The van der Waals surface area contributed by atoms with Crippen molar-refractivity contribution in [1.82, 2.24) is 15.0 Å². The van der Waals surface area contributed by atoms with E-state index in [1.165, 1.54) is 17.0 Å². The van der Waals surface area contributed by atoms with Crippen LogP contribution in [0.25, 0.3) is 0 Å². The molecule has 0 radical (unpaired) electrons. The average molecular weight is 276 g/mol. The molecule has 0 aliphatic carbocycles.